The van der Waals surface area contributed by atoms with Gasteiger partial charge in [0.2, 0.25) is 11.2 Å². The highest BCUT2D eigenvalue weighted by Crippen LogP contribution is 2.25. The van der Waals surface area contributed by atoms with Crippen LogP contribution in [0.5, 0.6) is 6.01 Å². The van der Waals surface area contributed by atoms with Crippen LogP contribution < -0.4 is 9.64 Å². The molecule has 6 nitrogen and oxygen atoms in total. The Hall–Kier alpha value is -1.14. The first-order chi connectivity index (χ1) is 8.61. The van der Waals surface area contributed by atoms with E-state index in [1.54, 1.807) is 0 Å². The summed E-state index contributed by atoms with van der Waals surface area (Å²) in [5.41, 5.74) is 0. The Morgan fingerprint density at radius 1 is 1.28 bits per heavy atom. The van der Waals surface area contributed by atoms with E-state index in [9.17, 15) is 5.11 Å². The van der Waals surface area contributed by atoms with Crippen molar-refractivity contribution in [1.29, 1.82) is 0 Å². The summed E-state index contributed by atoms with van der Waals surface area (Å²) in [4.78, 5) is 13.9. The number of anilines is 1. The van der Waals surface area contributed by atoms with Crippen LogP contribution in [0.3, 0.4) is 0 Å². The van der Waals surface area contributed by atoms with Crippen molar-refractivity contribution in [3.8, 4) is 6.01 Å². The second kappa shape index (κ2) is 5.67. The SMILES string of the molecule is COc1nc(Cl)nc(N(C)C2CCCCC2O)n1. The van der Waals surface area contributed by atoms with Gasteiger partial charge in [-0.05, 0) is 24.4 Å². The number of hydrogen-bond acceptors (Lipinski definition) is 6. The van der Waals surface area contributed by atoms with Crippen LogP contribution in [0.15, 0.2) is 0 Å². The van der Waals surface area contributed by atoms with E-state index in [2.05, 4.69) is 15.0 Å². The second-order valence-electron chi connectivity index (χ2n) is 4.42. The fourth-order valence-corrected chi connectivity index (χ4v) is 2.41. The molecule has 2 rings (SSSR count). The zero-order chi connectivity index (χ0) is 13.1. The normalized spacial score (nSPS) is 23.8. The molecule has 1 N–H and O–H groups in total. The molecule has 0 aliphatic heterocycles. The molecule has 0 amide bonds. The molecular weight excluding hydrogens is 256 g/mol. The van der Waals surface area contributed by atoms with Crippen LogP contribution in [0.1, 0.15) is 25.7 Å². The number of rotatable bonds is 3. The maximum atomic E-state index is 10.0. The predicted molar refractivity (Wildman–Crippen MR) is 68.1 cm³/mol. The molecule has 18 heavy (non-hydrogen) atoms. The van der Waals surface area contributed by atoms with Crippen molar-refractivity contribution in [2.24, 2.45) is 0 Å². The van der Waals surface area contributed by atoms with Gasteiger partial charge in [0.25, 0.3) is 0 Å². The number of aliphatic hydroxyl groups is 1. The van der Waals surface area contributed by atoms with Crippen molar-refractivity contribution in [2.75, 3.05) is 19.1 Å². The van der Waals surface area contributed by atoms with Crippen LogP contribution >= 0.6 is 11.6 Å². The molecule has 2 unspecified atom stereocenters. The third kappa shape index (κ3) is 2.81. The van der Waals surface area contributed by atoms with E-state index >= 15 is 0 Å². The molecule has 100 valence electrons. The van der Waals surface area contributed by atoms with Gasteiger partial charge in [-0.25, -0.2) is 0 Å². The van der Waals surface area contributed by atoms with Gasteiger partial charge in [-0.15, -0.1) is 0 Å². The first-order valence-corrected chi connectivity index (χ1v) is 6.36. The van der Waals surface area contributed by atoms with E-state index in [4.69, 9.17) is 16.3 Å². The maximum absolute atomic E-state index is 10.0. The number of aromatic nitrogens is 3. The number of aliphatic hydroxyl groups excluding tert-OH is 1. The minimum absolute atomic E-state index is 0.0157. The maximum Gasteiger partial charge on any atom is 0.322 e. The van der Waals surface area contributed by atoms with E-state index in [1.807, 2.05) is 11.9 Å². The molecule has 7 heteroatoms. The van der Waals surface area contributed by atoms with E-state index in [1.165, 1.54) is 7.11 Å². The molecule has 0 bridgehead atoms. The van der Waals surface area contributed by atoms with Gasteiger partial charge in [-0.2, -0.15) is 15.0 Å². The summed E-state index contributed by atoms with van der Waals surface area (Å²) in [6.07, 6.45) is 3.54. The summed E-state index contributed by atoms with van der Waals surface area (Å²) in [5, 5.41) is 10.1. The van der Waals surface area contributed by atoms with Crippen molar-refractivity contribution < 1.29 is 9.84 Å². The van der Waals surface area contributed by atoms with Gasteiger partial charge in [0.1, 0.15) is 0 Å². The monoisotopic (exact) mass is 272 g/mol. The zero-order valence-corrected chi connectivity index (χ0v) is 11.3. The number of methoxy groups -OCH3 is 1. The molecule has 1 saturated carbocycles. The average Bonchev–Trinajstić information content (AvgIpc) is 2.37. The highest BCUT2D eigenvalue weighted by Gasteiger charge is 2.28. The van der Waals surface area contributed by atoms with Crippen LogP contribution in [0.2, 0.25) is 5.28 Å². The molecule has 0 spiro atoms. The van der Waals surface area contributed by atoms with E-state index in [0.717, 1.165) is 25.7 Å². The Labute approximate surface area is 111 Å². The van der Waals surface area contributed by atoms with Crippen molar-refractivity contribution in [2.45, 2.75) is 37.8 Å². The number of halogens is 1. The molecule has 1 aliphatic carbocycles. The molecule has 2 atom stereocenters. The first-order valence-electron chi connectivity index (χ1n) is 5.98. The summed E-state index contributed by atoms with van der Waals surface area (Å²) in [6.45, 7) is 0. The molecule has 1 aromatic heterocycles. The van der Waals surface area contributed by atoms with Crippen LogP contribution in [-0.2, 0) is 0 Å². The van der Waals surface area contributed by atoms with Gasteiger partial charge in [-0.1, -0.05) is 12.8 Å². The van der Waals surface area contributed by atoms with Crippen LogP contribution in [0.4, 0.5) is 5.95 Å². The number of ether oxygens (including phenoxy) is 1. The smallest absolute Gasteiger partial charge is 0.322 e. The lowest BCUT2D eigenvalue weighted by Gasteiger charge is -2.35. The van der Waals surface area contributed by atoms with Gasteiger partial charge in [0.05, 0.1) is 19.3 Å². The molecule has 1 aromatic rings. The molecule has 0 aromatic carbocycles. The third-order valence-corrected chi connectivity index (χ3v) is 3.43. The molecular formula is C11H17ClN4O2. The topological polar surface area (TPSA) is 71.4 Å². The summed E-state index contributed by atoms with van der Waals surface area (Å²) < 4.78 is 4.96. The molecule has 0 saturated heterocycles. The first kappa shape index (κ1) is 13.3. The van der Waals surface area contributed by atoms with Crippen LogP contribution in [-0.4, -0.2) is 46.4 Å². The van der Waals surface area contributed by atoms with Gasteiger partial charge in [0, 0.05) is 7.05 Å². The molecule has 0 radical (unpaired) electrons. The fraction of sp³-hybridized carbons (Fsp3) is 0.727. The highest BCUT2D eigenvalue weighted by molar-refractivity contribution is 6.28. The van der Waals surface area contributed by atoms with Crippen molar-refractivity contribution in [1.82, 2.24) is 15.0 Å². The molecule has 1 fully saturated rings. The molecule has 1 heterocycles. The quantitative estimate of drug-likeness (QED) is 0.894. The molecule has 1 aliphatic rings. The Kier molecular flexibility index (Phi) is 4.19. The second-order valence-corrected chi connectivity index (χ2v) is 4.76. The average molecular weight is 273 g/mol. The summed E-state index contributed by atoms with van der Waals surface area (Å²) in [5.74, 6) is 0.429. The van der Waals surface area contributed by atoms with Gasteiger partial charge >= 0.3 is 6.01 Å². The Morgan fingerprint density at radius 3 is 2.67 bits per heavy atom. The van der Waals surface area contributed by atoms with Gasteiger partial charge in [-0.3, -0.25) is 0 Å². The Balaban J connectivity index is 2.21. The summed E-state index contributed by atoms with van der Waals surface area (Å²) >= 11 is 5.82. The van der Waals surface area contributed by atoms with Gasteiger partial charge < -0.3 is 14.7 Å². The fourth-order valence-electron chi connectivity index (χ4n) is 2.26. The number of hydrogen-bond donors (Lipinski definition) is 1. The van der Waals surface area contributed by atoms with E-state index in [-0.39, 0.29) is 23.4 Å². The predicted octanol–water partition coefficient (Wildman–Crippen LogP) is 1.27. The largest absolute Gasteiger partial charge is 0.467 e. The van der Waals surface area contributed by atoms with E-state index in [0.29, 0.717) is 5.95 Å². The third-order valence-electron chi connectivity index (χ3n) is 3.27. The lowest BCUT2D eigenvalue weighted by molar-refractivity contribution is 0.105. The minimum atomic E-state index is -0.356. The van der Waals surface area contributed by atoms with Crippen molar-refractivity contribution in [3.05, 3.63) is 5.28 Å². The zero-order valence-electron chi connectivity index (χ0n) is 10.5. The van der Waals surface area contributed by atoms with Crippen LogP contribution in [0, 0.1) is 0 Å². The van der Waals surface area contributed by atoms with E-state index < -0.39 is 0 Å². The summed E-state index contributed by atoms with van der Waals surface area (Å²) in [7, 11) is 3.33. The van der Waals surface area contributed by atoms with Crippen molar-refractivity contribution >= 4 is 17.5 Å². The van der Waals surface area contributed by atoms with Gasteiger partial charge in [0.15, 0.2) is 0 Å². The Morgan fingerprint density at radius 2 is 2.00 bits per heavy atom. The minimum Gasteiger partial charge on any atom is -0.467 e. The summed E-state index contributed by atoms with van der Waals surface area (Å²) in [6, 6.07) is 0.198. The Bertz CT molecular complexity index is 418. The lowest BCUT2D eigenvalue weighted by atomic mass is 9.92. The lowest BCUT2D eigenvalue weighted by Crippen LogP contribution is -2.44. The standard InChI is InChI=1S/C11H17ClN4O2/c1-16(7-5-3-4-6-8(7)17)10-13-9(12)14-11(15-10)18-2/h7-8,17H,3-6H2,1-2H3. The van der Waals surface area contributed by atoms with Crippen LogP contribution in [0.25, 0.3) is 0 Å². The highest BCUT2D eigenvalue weighted by atomic mass is 35.5. The number of nitrogens with zero attached hydrogens (tertiary/aromatic N) is 4. The van der Waals surface area contributed by atoms with Crippen molar-refractivity contribution in [3.63, 3.8) is 0 Å². The number of likely N-dealkylation sites (N-methyl/N-ethyl adjacent to an activating group) is 1.